The maximum Gasteiger partial charge on any atom is 0.490 e. The van der Waals surface area contributed by atoms with Gasteiger partial charge in [0.25, 0.3) is 0 Å². The summed E-state index contributed by atoms with van der Waals surface area (Å²) in [6.45, 7) is 8.92. The lowest BCUT2D eigenvalue weighted by Crippen LogP contribution is -2.47. The number of ether oxygens (including phenoxy) is 2. The monoisotopic (exact) mass is 432 g/mol. The molecule has 28 heavy (non-hydrogen) atoms. The van der Waals surface area contributed by atoms with E-state index in [0.717, 1.165) is 32.8 Å². The topological polar surface area (TPSA) is 96.4 Å². The highest BCUT2D eigenvalue weighted by Crippen LogP contribution is 2.43. The molecule has 0 aromatic carbocycles. The predicted octanol–water partition coefficient (Wildman–Crippen LogP) is 0.640. The first-order valence-electron chi connectivity index (χ1n) is 9.16. The maximum absolute atomic E-state index is 12.3. The van der Waals surface area contributed by atoms with Crippen LogP contribution in [0.1, 0.15) is 13.3 Å². The summed E-state index contributed by atoms with van der Waals surface area (Å²) in [5.41, 5.74) is -0.0157. The molecule has 0 aromatic heterocycles. The minimum Gasteiger partial charge on any atom is -0.475 e. The number of carboxylic acid groups (broad SMARTS) is 1. The van der Waals surface area contributed by atoms with Crippen LogP contribution in [0.2, 0.25) is 0 Å². The smallest absolute Gasteiger partial charge is 0.475 e. The van der Waals surface area contributed by atoms with Gasteiger partial charge >= 0.3 is 12.1 Å². The Morgan fingerprint density at radius 2 is 1.86 bits per heavy atom. The van der Waals surface area contributed by atoms with Crippen molar-refractivity contribution in [2.75, 3.05) is 64.9 Å². The van der Waals surface area contributed by atoms with Crippen molar-refractivity contribution in [3.8, 4) is 0 Å². The highest BCUT2D eigenvalue weighted by molar-refractivity contribution is 7.89. The van der Waals surface area contributed by atoms with E-state index in [-0.39, 0.29) is 11.2 Å². The predicted molar refractivity (Wildman–Crippen MR) is 93.3 cm³/mol. The van der Waals surface area contributed by atoms with Gasteiger partial charge in [0, 0.05) is 44.1 Å². The Morgan fingerprint density at radius 3 is 2.39 bits per heavy atom. The Balaban J connectivity index is 0.000000345. The number of aliphatic carboxylic acids is 1. The van der Waals surface area contributed by atoms with Crippen LogP contribution in [0.15, 0.2) is 0 Å². The third kappa shape index (κ3) is 5.78. The van der Waals surface area contributed by atoms with Crippen LogP contribution in [-0.4, -0.2) is 99.8 Å². The van der Waals surface area contributed by atoms with Crippen LogP contribution in [0, 0.1) is 11.3 Å². The Hall–Kier alpha value is -0.950. The Kier molecular flexibility index (Phi) is 7.70. The maximum atomic E-state index is 12.3. The van der Waals surface area contributed by atoms with Crippen molar-refractivity contribution in [2.24, 2.45) is 11.3 Å². The van der Waals surface area contributed by atoms with Gasteiger partial charge in [-0.2, -0.15) is 13.2 Å². The van der Waals surface area contributed by atoms with Gasteiger partial charge in [0.05, 0.1) is 32.2 Å². The molecule has 2 atom stereocenters. The van der Waals surface area contributed by atoms with E-state index >= 15 is 0 Å². The van der Waals surface area contributed by atoms with E-state index in [9.17, 15) is 21.6 Å². The molecule has 0 aliphatic carbocycles. The second-order valence-electron chi connectivity index (χ2n) is 7.37. The van der Waals surface area contributed by atoms with Crippen LogP contribution in [0.5, 0.6) is 0 Å². The molecule has 1 N–H and O–H groups in total. The van der Waals surface area contributed by atoms with Crippen molar-refractivity contribution < 1.29 is 41.0 Å². The highest BCUT2D eigenvalue weighted by Gasteiger charge is 2.53. The summed E-state index contributed by atoms with van der Waals surface area (Å²) in [5, 5.41) is 7.12. The molecule has 0 saturated carbocycles. The fourth-order valence-electron chi connectivity index (χ4n) is 3.81. The molecule has 12 heteroatoms. The molecule has 0 spiro atoms. The van der Waals surface area contributed by atoms with Gasteiger partial charge in [0.1, 0.15) is 0 Å². The first-order valence-corrected chi connectivity index (χ1v) is 10.8. The van der Waals surface area contributed by atoms with Crippen molar-refractivity contribution in [1.82, 2.24) is 9.21 Å². The highest BCUT2D eigenvalue weighted by atomic mass is 32.2. The number of hydrogen-bond acceptors (Lipinski definition) is 6. The molecule has 0 radical (unpaired) electrons. The summed E-state index contributed by atoms with van der Waals surface area (Å²) >= 11 is 0. The van der Waals surface area contributed by atoms with Gasteiger partial charge in [-0.3, -0.25) is 4.90 Å². The Morgan fingerprint density at radius 1 is 1.25 bits per heavy atom. The quantitative estimate of drug-likeness (QED) is 0.681. The van der Waals surface area contributed by atoms with Gasteiger partial charge < -0.3 is 14.6 Å². The van der Waals surface area contributed by atoms with E-state index in [0.29, 0.717) is 38.6 Å². The molecule has 3 aliphatic rings. The Bertz CT molecular complexity index is 639. The number of carboxylic acids is 1. The first kappa shape index (κ1) is 23.3. The number of rotatable bonds is 5. The molecule has 0 aromatic rings. The summed E-state index contributed by atoms with van der Waals surface area (Å²) in [7, 11) is -3.10. The van der Waals surface area contributed by atoms with Gasteiger partial charge in [-0.15, -0.1) is 0 Å². The largest absolute Gasteiger partial charge is 0.490 e. The summed E-state index contributed by atoms with van der Waals surface area (Å²) in [6.07, 6.45) is -4.41. The lowest BCUT2D eigenvalue weighted by atomic mass is 9.80. The van der Waals surface area contributed by atoms with Crippen molar-refractivity contribution in [3.63, 3.8) is 0 Å². The SMILES string of the molecule is CCCS(=O)(=O)N1C[C@@H]2COC[C@]2(CN2CCOCC2)C1.O=C(O)C(F)(F)F. The van der Waals surface area contributed by atoms with Gasteiger partial charge in [0.15, 0.2) is 0 Å². The zero-order valence-corrected chi connectivity index (χ0v) is 16.6. The average Bonchev–Trinajstić information content (AvgIpc) is 3.12. The zero-order valence-electron chi connectivity index (χ0n) is 15.8. The standard InChI is InChI=1S/C14H26N2O4S.C2HF3O2/c1-2-7-21(17,18)16-8-13-9-20-12-14(13,11-16)10-15-3-5-19-6-4-15;3-2(4,5)1(6)7/h13H,2-12H2,1H3;(H,6,7)/t13-,14+;/m1./s1. The van der Waals surface area contributed by atoms with E-state index in [1.807, 2.05) is 6.92 Å². The van der Waals surface area contributed by atoms with E-state index in [1.54, 1.807) is 4.31 Å². The van der Waals surface area contributed by atoms with Crippen molar-refractivity contribution in [2.45, 2.75) is 19.5 Å². The molecule has 3 saturated heterocycles. The van der Waals surface area contributed by atoms with Crippen LogP contribution in [0.3, 0.4) is 0 Å². The number of morpholine rings is 1. The van der Waals surface area contributed by atoms with Crippen molar-refractivity contribution >= 4 is 16.0 Å². The van der Waals surface area contributed by atoms with Gasteiger partial charge in [-0.25, -0.2) is 17.5 Å². The van der Waals surface area contributed by atoms with Crippen LogP contribution >= 0.6 is 0 Å². The summed E-state index contributed by atoms with van der Waals surface area (Å²) in [6, 6.07) is 0. The number of halogens is 3. The van der Waals surface area contributed by atoms with Crippen LogP contribution < -0.4 is 0 Å². The number of carbonyl (C=O) groups is 1. The van der Waals surface area contributed by atoms with Crippen LogP contribution in [0.25, 0.3) is 0 Å². The second-order valence-corrected chi connectivity index (χ2v) is 9.46. The Labute approximate surface area is 162 Å². The number of nitrogens with zero attached hydrogens (tertiary/aromatic N) is 2. The number of alkyl halides is 3. The first-order chi connectivity index (χ1) is 13.0. The van der Waals surface area contributed by atoms with Crippen LogP contribution in [-0.2, 0) is 24.3 Å². The molecule has 8 nitrogen and oxygen atoms in total. The minimum atomic E-state index is -5.08. The van der Waals surface area contributed by atoms with Gasteiger partial charge in [-0.05, 0) is 6.42 Å². The molecule has 164 valence electrons. The van der Waals surface area contributed by atoms with Crippen molar-refractivity contribution in [1.29, 1.82) is 0 Å². The van der Waals surface area contributed by atoms with E-state index in [2.05, 4.69) is 4.90 Å². The molecule has 3 rings (SSSR count). The molecule has 0 bridgehead atoms. The molecule has 3 aliphatic heterocycles. The third-order valence-corrected chi connectivity index (χ3v) is 7.22. The molecule has 3 heterocycles. The molecular weight excluding hydrogens is 405 g/mol. The lowest BCUT2D eigenvalue weighted by Gasteiger charge is -2.36. The molecular formula is C16H27F3N2O6S. The minimum absolute atomic E-state index is 0.0157. The lowest BCUT2D eigenvalue weighted by molar-refractivity contribution is -0.192. The molecule has 0 unspecified atom stereocenters. The molecule has 3 fully saturated rings. The summed E-state index contributed by atoms with van der Waals surface area (Å²) in [5.74, 6) is -2.16. The normalized spacial score (nSPS) is 29.2. The van der Waals surface area contributed by atoms with E-state index in [4.69, 9.17) is 19.4 Å². The fraction of sp³-hybridized carbons (Fsp3) is 0.938. The molecule has 0 amide bonds. The third-order valence-electron chi connectivity index (χ3n) is 5.23. The summed E-state index contributed by atoms with van der Waals surface area (Å²) < 4.78 is 69.2. The van der Waals surface area contributed by atoms with Gasteiger partial charge in [0.2, 0.25) is 10.0 Å². The average molecular weight is 432 g/mol. The van der Waals surface area contributed by atoms with Gasteiger partial charge in [-0.1, -0.05) is 6.92 Å². The number of hydrogen-bond donors (Lipinski definition) is 1. The number of fused-ring (bicyclic) bond motifs is 1. The van der Waals surface area contributed by atoms with Crippen LogP contribution in [0.4, 0.5) is 13.2 Å². The second kappa shape index (κ2) is 9.24. The van der Waals surface area contributed by atoms with Crippen molar-refractivity contribution in [3.05, 3.63) is 0 Å². The van der Waals surface area contributed by atoms with E-state index < -0.39 is 22.2 Å². The summed E-state index contributed by atoms with van der Waals surface area (Å²) in [4.78, 5) is 11.3. The fourth-order valence-corrected chi connectivity index (χ4v) is 5.45. The zero-order chi connectivity index (χ0) is 21.0. The van der Waals surface area contributed by atoms with E-state index in [1.165, 1.54) is 0 Å². The number of sulfonamides is 1.